The molecular weight excluding hydrogens is 392 g/mol. The summed E-state index contributed by atoms with van der Waals surface area (Å²) in [4.78, 5) is 31.3. The molecule has 2 rings (SSSR count). The van der Waals surface area contributed by atoms with E-state index in [1.165, 1.54) is 10.4 Å². The Morgan fingerprint density at radius 2 is 1.70 bits per heavy atom. The van der Waals surface area contributed by atoms with E-state index in [9.17, 15) is 9.59 Å². The van der Waals surface area contributed by atoms with Crippen molar-refractivity contribution in [2.75, 3.05) is 6.54 Å². The van der Waals surface area contributed by atoms with Crippen molar-refractivity contribution in [3.8, 4) is 0 Å². The normalized spacial score (nSPS) is 12.5. The minimum atomic E-state index is -0.107. The van der Waals surface area contributed by atoms with E-state index >= 15 is 0 Å². The number of thiophene rings is 1. The highest BCUT2D eigenvalue weighted by Crippen LogP contribution is 2.23. The summed E-state index contributed by atoms with van der Waals surface area (Å²) in [6, 6.07) is 12.2. The standard InChI is InChI=1S/C25H36N2O2S/c1-7-20(3)27(23(28)15-25(4,5)6)18-24(29)26(16-21-11-9-8-10-12-21)17-22-19(2)13-14-30-22/h8-14,20H,7,15-18H2,1-6H3. The summed E-state index contributed by atoms with van der Waals surface area (Å²) in [5.41, 5.74) is 2.19. The second kappa shape index (κ2) is 10.8. The van der Waals surface area contributed by atoms with Gasteiger partial charge in [0, 0.05) is 23.9 Å². The third-order valence-corrected chi connectivity index (χ3v) is 6.31. The summed E-state index contributed by atoms with van der Waals surface area (Å²) in [5.74, 6) is 0.0476. The van der Waals surface area contributed by atoms with Gasteiger partial charge in [0.15, 0.2) is 0 Å². The van der Waals surface area contributed by atoms with Crippen molar-refractivity contribution in [2.24, 2.45) is 5.41 Å². The van der Waals surface area contributed by atoms with Crippen molar-refractivity contribution < 1.29 is 9.59 Å². The fourth-order valence-corrected chi connectivity index (χ4v) is 4.21. The second-order valence-corrected chi connectivity index (χ2v) is 10.3. The molecule has 0 saturated carbocycles. The lowest BCUT2D eigenvalue weighted by molar-refractivity contribution is -0.144. The first-order valence-electron chi connectivity index (χ1n) is 10.7. The fourth-order valence-electron chi connectivity index (χ4n) is 3.29. The van der Waals surface area contributed by atoms with Crippen molar-refractivity contribution in [2.45, 2.75) is 73.5 Å². The van der Waals surface area contributed by atoms with Crippen LogP contribution in [0.25, 0.3) is 0 Å². The van der Waals surface area contributed by atoms with E-state index in [-0.39, 0.29) is 29.8 Å². The number of amides is 2. The summed E-state index contributed by atoms with van der Waals surface area (Å²) >= 11 is 1.68. The fraction of sp³-hybridized carbons (Fsp3) is 0.520. The molecule has 164 valence electrons. The highest BCUT2D eigenvalue weighted by atomic mass is 32.1. The summed E-state index contributed by atoms with van der Waals surface area (Å²) in [7, 11) is 0. The summed E-state index contributed by atoms with van der Waals surface area (Å²) < 4.78 is 0. The topological polar surface area (TPSA) is 40.6 Å². The summed E-state index contributed by atoms with van der Waals surface area (Å²) in [5, 5.41) is 2.06. The Bertz CT molecular complexity index is 823. The molecule has 1 atom stereocenters. The van der Waals surface area contributed by atoms with Crippen LogP contribution in [0.5, 0.6) is 0 Å². The quantitative estimate of drug-likeness (QED) is 0.518. The van der Waals surface area contributed by atoms with Gasteiger partial charge in [0.2, 0.25) is 11.8 Å². The van der Waals surface area contributed by atoms with Gasteiger partial charge in [-0.25, -0.2) is 0 Å². The molecule has 1 unspecified atom stereocenters. The second-order valence-electron chi connectivity index (χ2n) is 9.28. The van der Waals surface area contributed by atoms with Crippen LogP contribution in [0.3, 0.4) is 0 Å². The molecule has 0 bridgehead atoms. The largest absolute Gasteiger partial charge is 0.332 e. The minimum Gasteiger partial charge on any atom is -0.332 e. The maximum Gasteiger partial charge on any atom is 0.242 e. The Morgan fingerprint density at radius 1 is 1.03 bits per heavy atom. The van der Waals surface area contributed by atoms with Crippen molar-refractivity contribution in [3.05, 3.63) is 57.8 Å². The summed E-state index contributed by atoms with van der Waals surface area (Å²) in [6.07, 6.45) is 1.26. The van der Waals surface area contributed by atoms with Crippen molar-refractivity contribution in [1.82, 2.24) is 9.80 Å². The number of hydrogen-bond donors (Lipinski definition) is 0. The lowest BCUT2D eigenvalue weighted by atomic mass is 9.91. The van der Waals surface area contributed by atoms with E-state index in [0.717, 1.165) is 12.0 Å². The first-order chi connectivity index (χ1) is 14.1. The van der Waals surface area contributed by atoms with Crippen LogP contribution >= 0.6 is 11.3 Å². The SMILES string of the molecule is CCC(C)N(CC(=O)N(Cc1ccccc1)Cc1sccc1C)C(=O)CC(C)(C)C. The third-order valence-electron chi connectivity index (χ3n) is 5.30. The number of hydrogen-bond acceptors (Lipinski definition) is 3. The van der Waals surface area contributed by atoms with Crippen molar-refractivity contribution >= 4 is 23.2 Å². The van der Waals surface area contributed by atoms with Crippen LogP contribution < -0.4 is 0 Å². The predicted molar refractivity (Wildman–Crippen MR) is 125 cm³/mol. The molecule has 1 heterocycles. The smallest absolute Gasteiger partial charge is 0.242 e. The van der Waals surface area contributed by atoms with Crippen LogP contribution in [0.2, 0.25) is 0 Å². The maximum absolute atomic E-state index is 13.4. The molecule has 5 heteroatoms. The van der Waals surface area contributed by atoms with Gasteiger partial charge in [-0.2, -0.15) is 0 Å². The number of rotatable bonds is 9. The number of aryl methyl sites for hydroxylation is 1. The zero-order chi connectivity index (χ0) is 22.3. The highest BCUT2D eigenvalue weighted by molar-refractivity contribution is 7.10. The maximum atomic E-state index is 13.4. The monoisotopic (exact) mass is 428 g/mol. The van der Waals surface area contributed by atoms with Crippen LogP contribution in [0.1, 0.15) is 63.5 Å². The average molecular weight is 429 g/mol. The van der Waals surface area contributed by atoms with E-state index < -0.39 is 0 Å². The van der Waals surface area contributed by atoms with E-state index in [4.69, 9.17) is 0 Å². The van der Waals surface area contributed by atoms with Crippen LogP contribution in [0.15, 0.2) is 41.8 Å². The molecular formula is C25H36N2O2S. The molecule has 0 aliphatic rings. The predicted octanol–water partition coefficient (Wildman–Crippen LogP) is 5.65. The Kier molecular flexibility index (Phi) is 8.65. The first kappa shape index (κ1) is 24.1. The van der Waals surface area contributed by atoms with Crippen LogP contribution in [0.4, 0.5) is 0 Å². The molecule has 0 aliphatic carbocycles. The van der Waals surface area contributed by atoms with Gasteiger partial charge in [0.05, 0.1) is 6.54 Å². The van der Waals surface area contributed by atoms with Crippen molar-refractivity contribution in [3.63, 3.8) is 0 Å². The van der Waals surface area contributed by atoms with Gasteiger partial charge < -0.3 is 9.80 Å². The molecule has 0 spiro atoms. The molecule has 1 aromatic carbocycles. The molecule has 30 heavy (non-hydrogen) atoms. The summed E-state index contributed by atoms with van der Waals surface area (Å²) in [6.45, 7) is 13.6. The number of carbonyl (C=O) groups is 2. The van der Waals surface area contributed by atoms with Gasteiger partial charge in [0.1, 0.15) is 6.54 Å². The molecule has 4 nitrogen and oxygen atoms in total. The first-order valence-corrected chi connectivity index (χ1v) is 11.6. The van der Waals surface area contributed by atoms with E-state index in [1.54, 1.807) is 16.2 Å². The molecule has 0 aliphatic heterocycles. The number of carbonyl (C=O) groups excluding carboxylic acids is 2. The van der Waals surface area contributed by atoms with Gasteiger partial charge in [-0.05, 0) is 48.3 Å². The van der Waals surface area contributed by atoms with Gasteiger partial charge in [-0.15, -0.1) is 11.3 Å². The molecule has 0 saturated heterocycles. The molecule has 0 N–H and O–H groups in total. The highest BCUT2D eigenvalue weighted by Gasteiger charge is 2.28. The third kappa shape index (κ3) is 7.28. The van der Waals surface area contributed by atoms with E-state index in [0.29, 0.717) is 19.5 Å². The zero-order valence-electron chi connectivity index (χ0n) is 19.3. The Hall–Kier alpha value is -2.14. The molecule has 2 amide bonds. The van der Waals surface area contributed by atoms with Gasteiger partial charge in [-0.1, -0.05) is 58.0 Å². The van der Waals surface area contributed by atoms with E-state index in [2.05, 4.69) is 46.1 Å². The van der Waals surface area contributed by atoms with Crippen LogP contribution in [0, 0.1) is 12.3 Å². The lowest BCUT2D eigenvalue weighted by Crippen LogP contribution is -2.47. The molecule has 2 aromatic rings. The van der Waals surface area contributed by atoms with E-state index in [1.807, 2.05) is 42.2 Å². The Labute approximate surface area is 185 Å². The number of nitrogens with zero attached hydrogens (tertiary/aromatic N) is 2. The molecule has 1 aromatic heterocycles. The van der Waals surface area contributed by atoms with Crippen molar-refractivity contribution in [1.29, 1.82) is 0 Å². The van der Waals surface area contributed by atoms with Crippen LogP contribution in [-0.4, -0.2) is 34.2 Å². The number of benzene rings is 1. The zero-order valence-corrected chi connectivity index (χ0v) is 20.1. The lowest BCUT2D eigenvalue weighted by Gasteiger charge is -2.33. The van der Waals surface area contributed by atoms with Gasteiger partial charge in [-0.3, -0.25) is 9.59 Å². The molecule has 0 fully saturated rings. The van der Waals surface area contributed by atoms with Gasteiger partial charge >= 0.3 is 0 Å². The van der Waals surface area contributed by atoms with Crippen LogP contribution in [-0.2, 0) is 22.7 Å². The van der Waals surface area contributed by atoms with Gasteiger partial charge in [0.25, 0.3) is 0 Å². The minimum absolute atomic E-state index is 0.00536. The Morgan fingerprint density at radius 3 is 2.23 bits per heavy atom. The Balaban J connectivity index is 2.23. The molecule has 0 radical (unpaired) electrons. The average Bonchev–Trinajstić information content (AvgIpc) is 3.08.